The molecule has 2 nitrogen and oxygen atoms in total. The fourth-order valence-electron chi connectivity index (χ4n) is 1.70. The molecule has 0 spiro atoms. The van der Waals surface area contributed by atoms with E-state index in [9.17, 15) is 22.0 Å². The van der Waals surface area contributed by atoms with Gasteiger partial charge in [0, 0.05) is 0 Å². The number of nitrogens with zero attached hydrogens (tertiary/aromatic N) is 2. The molecule has 0 aliphatic carbocycles. The second-order valence-corrected chi connectivity index (χ2v) is 4.41. The molecule has 0 fully saturated rings. The molecule has 0 amide bonds. The molecule has 0 saturated carbocycles. The minimum atomic E-state index is -2.23. The Kier molecular flexibility index (Phi) is 4.02. The van der Waals surface area contributed by atoms with Crippen LogP contribution in [0.1, 0.15) is 11.1 Å². The van der Waals surface area contributed by atoms with Crippen LogP contribution < -0.4 is 0 Å². The van der Waals surface area contributed by atoms with Crippen molar-refractivity contribution in [3.8, 4) is 0 Å². The maximum Gasteiger partial charge on any atom is 0.200 e. The quantitative estimate of drug-likeness (QED) is 0.306. The maximum absolute atomic E-state index is 13.4. The van der Waals surface area contributed by atoms with Crippen molar-refractivity contribution < 1.29 is 22.0 Å². The fraction of sp³-hybridized carbons (Fsp3) is 0.143. The smallest absolute Gasteiger partial charge is 0.200 e. The molecule has 110 valence electrons. The SMILES string of the molecule is Cc1ccc(N=Nc2c(F)c(F)c(F)c(F)c2F)c(C)c1. The Bertz CT molecular complexity index is 712. The minimum absolute atomic E-state index is 0.268. The first kappa shape index (κ1) is 15.1. The molecule has 0 aliphatic heterocycles. The van der Waals surface area contributed by atoms with Crippen LogP contribution in [0, 0.1) is 42.9 Å². The summed E-state index contributed by atoms with van der Waals surface area (Å²) in [6, 6.07) is 4.95. The molecular weight excluding hydrogens is 291 g/mol. The highest BCUT2D eigenvalue weighted by atomic mass is 19.2. The Labute approximate surface area is 116 Å². The third kappa shape index (κ3) is 2.76. The fourth-order valence-corrected chi connectivity index (χ4v) is 1.70. The van der Waals surface area contributed by atoms with E-state index in [4.69, 9.17) is 0 Å². The highest BCUT2D eigenvalue weighted by Crippen LogP contribution is 2.31. The molecule has 2 aromatic carbocycles. The lowest BCUT2D eigenvalue weighted by Gasteiger charge is -2.04. The molecule has 2 aromatic rings. The van der Waals surface area contributed by atoms with E-state index < -0.39 is 34.8 Å². The van der Waals surface area contributed by atoms with Crippen molar-refractivity contribution in [1.29, 1.82) is 0 Å². The molecule has 0 saturated heterocycles. The standard InChI is InChI=1S/C14H9F5N2/c1-6-3-4-8(7(2)5-6)20-21-14-12(18)10(16)9(15)11(17)13(14)19/h3-5H,1-2H3. The number of azo groups is 1. The normalized spacial score (nSPS) is 11.4. The van der Waals surface area contributed by atoms with Crippen molar-refractivity contribution in [2.75, 3.05) is 0 Å². The summed E-state index contributed by atoms with van der Waals surface area (Å²) >= 11 is 0. The predicted octanol–water partition coefficient (Wildman–Crippen LogP) is 5.41. The average Bonchev–Trinajstić information content (AvgIpc) is 2.45. The highest BCUT2D eigenvalue weighted by Gasteiger charge is 2.25. The molecule has 0 unspecified atom stereocenters. The summed E-state index contributed by atoms with van der Waals surface area (Å²) in [5, 5.41) is 6.70. The van der Waals surface area contributed by atoms with Crippen LogP contribution in [0.4, 0.5) is 33.3 Å². The lowest BCUT2D eigenvalue weighted by Crippen LogP contribution is -2.00. The lowest BCUT2D eigenvalue weighted by molar-refractivity contribution is 0.380. The van der Waals surface area contributed by atoms with Crippen LogP contribution >= 0.6 is 0 Å². The monoisotopic (exact) mass is 300 g/mol. The first-order valence-corrected chi connectivity index (χ1v) is 5.83. The lowest BCUT2D eigenvalue weighted by atomic mass is 10.1. The van der Waals surface area contributed by atoms with E-state index in [1.54, 1.807) is 19.1 Å². The third-order valence-electron chi connectivity index (χ3n) is 2.80. The van der Waals surface area contributed by atoms with Crippen molar-refractivity contribution in [1.82, 2.24) is 0 Å². The van der Waals surface area contributed by atoms with E-state index in [0.717, 1.165) is 5.56 Å². The van der Waals surface area contributed by atoms with E-state index in [1.807, 2.05) is 6.92 Å². The summed E-state index contributed by atoms with van der Waals surface area (Å²) in [4.78, 5) is 0. The van der Waals surface area contributed by atoms with Crippen molar-refractivity contribution in [3.63, 3.8) is 0 Å². The molecule has 0 aromatic heterocycles. The Morgan fingerprint density at radius 1 is 0.714 bits per heavy atom. The Morgan fingerprint density at radius 2 is 1.24 bits per heavy atom. The van der Waals surface area contributed by atoms with Gasteiger partial charge in [-0.05, 0) is 25.5 Å². The highest BCUT2D eigenvalue weighted by molar-refractivity contribution is 5.48. The van der Waals surface area contributed by atoms with E-state index in [2.05, 4.69) is 10.2 Å². The van der Waals surface area contributed by atoms with Gasteiger partial charge in [0.25, 0.3) is 0 Å². The van der Waals surface area contributed by atoms with Crippen LogP contribution in [0.2, 0.25) is 0 Å². The predicted molar refractivity (Wildman–Crippen MR) is 66.3 cm³/mol. The largest absolute Gasteiger partial charge is 0.201 e. The van der Waals surface area contributed by atoms with E-state index in [1.165, 1.54) is 6.07 Å². The van der Waals surface area contributed by atoms with Crippen LogP contribution in [0.25, 0.3) is 0 Å². The second-order valence-electron chi connectivity index (χ2n) is 4.41. The second kappa shape index (κ2) is 5.59. The molecule has 0 bridgehead atoms. The molecule has 2 rings (SSSR count). The summed E-state index contributed by atoms with van der Waals surface area (Å²) in [7, 11) is 0. The summed E-state index contributed by atoms with van der Waals surface area (Å²) < 4.78 is 65.7. The average molecular weight is 300 g/mol. The van der Waals surface area contributed by atoms with Crippen molar-refractivity contribution in [3.05, 3.63) is 58.4 Å². The van der Waals surface area contributed by atoms with Crippen LogP contribution in [0.3, 0.4) is 0 Å². The van der Waals surface area contributed by atoms with Gasteiger partial charge in [-0.3, -0.25) is 0 Å². The minimum Gasteiger partial charge on any atom is -0.201 e. The number of hydrogen-bond acceptors (Lipinski definition) is 2. The molecular formula is C14H9F5N2. The first-order valence-electron chi connectivity index (χ1n) is 5.83. The van der Waals surface area contributed by atoms with Gasteiger partial charge in [-0.1, -0.05) is 17.7 Å². The van der Waals surface area contributed by atoms with Gasteiger partial charge in [0.1, 0.15) is 0 Å². The van der Waals surface area contributed by atoms with Crippen LogP contribution in [-0.4, -0.2) is 0 Å². The third-order valence-corrected chi connectivity index (χ3v) is 2.80. The van der Waals surface area contributed by atoms with Gasteiger partial charge in [0.2, 0.25) is 5.82 Å². The summed E-state index contributed by atoms with van der Waals surface area (Å²) in [6.07, 6.45) is 0. The molecule has 7 heteroatoms. The Hall–Kier alpha value is -2.31. The van der Waals surface area contributed by atoms with Gasteiger partial charge < -0.3 is 0 Å². The number of aryl methyl sites for hydroxylation is 2. The van der Waals surface area contributed by atoms with Gasteiger partial charge in [-0.25, -0.2) is 22.0 Å². The number of halogens is 5. The summed E-state index contributed by atoms with van der Waals surface area (Å²) in [5.74, 6) is -10.4. The van der Waals surface area contributed by atoms with Gasteiger partial charge in [-0.15, -0.1) is 5.11 Å². The molecule has 0 heterocycles. The van der Waals surface area contributed by atoms with Crippen molar-refractivity contribution >= 4 is 11.4 Å². The molecule has 0 atom stereocenters. The maximum atomic E-state index is 13.4. The summed E-state index contributed by atoms with van der Waals surface area (Å²) in [5.41, 5.74) is 0.543. The van der Waals surface area contributed by atoms with Crippen molar-refractivity contribution in [2.24, 2.45) is 10.2 Å². The number of benzene rings is 2. The first-order chi connectivity index (χ1) is 9.82. The van der Waals surface area contributed by atoms with Gasteiger partial charge in [0.05, 0.1) is 5.69 Å². The Balaban J connectivity index is 2.51. The van der Waals surface area contributed by atoms with Crippen LogP contribution in [-0.2, 0) is 0 Å². The van der Waals surface area contributed by atoms with Crippen LogP contribution in [0.5, 0.6) is 0 Å². The van der Waals surface area contributed by atoms with Crippen molar-refractivity contribution in [2.45, 2.75) is 13.8 Å². The zero-order chi connectivity index (χ0) is 15.7. The number of rotatable bonds is 2. The topological polar surface area (TPSA) is 24.7 Å². The molecule has 0 aliphatic rings. The van der Waals surface area contributed by atoms with E-state index >= 15 is 0 Å². The summed E-state index contributed by atoms with van der Waals surface area (Å²) in [6.45, 7) is 3.51. The Morgan fingerprint density at radius 3 is 1.76 bits per heavy atom. The molecule has 0 radical (unpaired) electrons. The van der Waals surface area contributed by atoms with Crippen LogP contribution in [0.15, 0.2) is 28.4 Å². The van der Waals surface area contributed by atoms with Gasteiger partial charge in [0.15, 0.2) is 29.0 Å². The van der Waals surface area contributed by atoms with Gasteiger partial charge >= 0.3 is 0 Å². The zero-order valence-corrected chi connectivity index (χ0v) is 11.0. The molecule has 0 N–H and O–H groups in total. The van der Waals surface area contributed by atoms with Gasteiger partial charge in [-0.2, -0.15) is 5.11 Å². The molecule has 21 heavy (non-hydrogen) atoms. The van der Waals surface area contributed by atoms with E-state index in [-0.39, 0.29) is 5.69 Å². The van der Waals surface area contributed by atoms with E-state index in [0.29, 0.717) is 5.56 Å². The number of hydrogen-bond donors (Lipinski definition) is 0. The zero-order valence-electron chi connectivity index (χ0n) is 11.0.